The predicted molar refractivity (Wildman–Crippen MR) is 57.1 cm³/mol. The third kappa shape index (κ3) is 2.16. The Kier molecular flexibility index (Phi) is 2.73. The predicted octanol–water partition coefficient (Wildman–Crippen LogP) is 0.143. The van der Waals surface area contributed by atoms with Crippen molar-refractivity contribution < 1.29 is 9.90 Å². The fraction of sp³-hybridized carbons (Fsp3) is 0.909. The molecule has 0 aliphatic heterocycles. The highest BCUT2D eigenvalue weighted by molar-refractivity contribution is 5.85. The van der Waals surface area contributed by atoms with E-state index in [4.69, 9.17) is 5.73 Å². The van der Waals surface area contributed by atoms with Gasteiger partial charge in [-0.05, 0) is 38.5 Å². The second-order valence-corrected chi connectivity index (χ2v) is 5.11. The van der Waals surface area contributed by atoms with Crippen LogP contribution in [-0.2, 0) is 4.79 Å². The van der Waals surface area contributed by atoms with Crippen molar-refractivity contribution >= 4 is 5.91 Å². The first-order chi connectivity index (χ1) is 7.01. The molecule has 2 rings (SSSR count). The molecule has 4 heteroatoms. The van der Waals surface area contributed by atoms with Crippen LogP contribution in [0.15, 0.2) is 0 Å². The number of hydrogen-bond acceptors (Lipinski definition) is 3. The number of rotatable bonds is 4. The summed E-state index contributed by atoms with van der Waals surface area (Å²) in [5.74, 6) is 0.00866. The van der Waals surface area contributed by atoms with Crippen molar-refractivity contribution in [2.24, 2.45) is 11.7 Å². The normalized spacial score (nSPS) is 27.7. The fourth-order valence-electron chi connectivity index (χ4n) is 1.97. The van der Waals surface area contributed by atoms with E-state index in [-0.39, 0.29) is 11.9 Å². The molecule has 2 aliphatic rings. The summed E-state index contributed by atoms with van der Waals surface area (Å²) >= 11 is 0. The lowest BCUT2D eigenvalue weighted by Crippen LogP contribution is -2.60. The largest absolute Gasteiger partial charge is 0.379 e. The van der Waals surface area contributed by atoms with Gasteiger partial charge in [0.05, 0.1) is 0 Å². The molecule has 0 spiro atoms. The summed E-state index contributed by atoms with van der Waals surface area (Å²) in [6.07, 6.45) is 5.29. The SMILES string of the molecule is CC(O)(C(=O)NC1CC1)C(N)C1CCC1. The molecule has 2 unspecified atom stereocenters. The standard InChI is InChI=1S/C11H20N2O2/c1-11(15,9(12)7-3-2-4-7)10(14)13-8-5-6-8/h7-9,15H,2-6,12H2,1H3,(H,13,14). The van der Waals surface area contributed by atoms with Crippen LogP contribution in [0.4, 0.5) is 0 Å². The summed E-state index contributed by atoms with van der Waals surface area (Å²) < 4.78 is 0. The van der Waals surface area contributed by atoms with E-state index >= 15 is 0 Å². The van der Waals surface area contributed by atoms with Crippen LogP contribution in [0.1, 0.15) is 39.0 Å². The summed E-state index contributed by atoms with van der Waals surface area (Å²) in [5.41, 5.74) is 4.53. The molecule has 2 saturated carbocycles. The molecule has 4 nitrogen and oxygen atoms in total. The molecule has 0 bridgehead atoms. The first kappa shape index (κ1) is 10.9. The van der Waals surface area contributed by atoms with Gasteiger partial charge in [0, 0.05) is 12.1 Å². The Hall–Kier alpha value is -0.610. The fourth-order valence-corrected chi connectivity index (χ4v) is 1.97. The first-order valence-electron chi connectivity index (χ1n) is 5.80. The third-order valence-corrected chi connectivity index (χ3v) is 3.68. The molecular weight excluding hydrogens is 192 g/mol. The highest BCUT2D eigenvalue weighted by atomic mass is 16.3. The van der Waals surface area contributed by atoms with E-state index in [1.54, 1.807) is 0 Å². The smallest absolute Gasteiger partial charge is 0.253 e. The molecule has 15 heavy (non-hydrogen) atoms. The van der Waals surface area contributed by atoms with E-state index < -0.39 is 11.6 Å². The van der Waals surface area contributed by atoms with Crippen LogP contribution in [0.5, 0.6) is 0 Å². The van der Waals surface area contributed by atoms with Gasteiger partial charge < -0.3 is 16.2 Å². The summed E-state index contributed by atoms with van der Waals surface area (Å²) in [5, 5.41) is 12.9. The van der Waals surface area contributed by atoms with E-state index in [9.17, 15) is 9.90 Å². The highest BCUT2D eigenvalue weighted by Crippen LogP contribution is 2.33. The lowest BCUT2D eigenvalue weighted by Gasteiger charge is -2.39. The van der Waals surface area contributed by atoms with Crippen LogP contribution in [0, 0.1) is 5.92 Å². The molecule has 1 amide bonds. The Bertz CT molecular complexity index is 257. The van der Waals surface area contributed by atoms with Crippen molar-refractivity contribution in [3.63, 3.8) is 0 Å². The molecule has 2 fully saturated rings. The lowest BCUT2D eigenvalue weighted by atomic mass is 9.74. The van der Waals surface area contributed by atoms with E-state index in [1.807, 2.05) is 0 Å². The third-order valence-electron chi connectivity index (χ3n) is 3.68. The van der Waals surface area contributed by atoms with Gasteiger partial charge in [-0.15, -0.1) is 0 Å². The summed E-state index contributed by atoms with van der Waals surface area (Å²) in [6, 6.07) is -0.150. The van der Waals surface area contributed by atoms with Gasteiger partial charge in [-0.1, -0.05) is 6.42 Å². The van der Waals surface area contributed by atoms with Gasteiger partial charge in [0.1, 0.15) is 0 Å². The molecule has 0 aromatic rings. The van der Waals surface area contributed by atoms with Gasteiger partial charge in [-0.2, -0.15) is 0 Å². The number of carbonyl (C=O) groups is 1. The molecule has 4 N–H and O–H groups in total. The van der Waals surface area contributed by atoms with E-state index in [1.165, 1.54) is 13.3 Å². The minimum absolute atomic E-state index is 0.276. The minimum Gasteiger partial charge on any atom is -0.379 e. The molecule has 0 saturated heterocycles. The first-order valence-corrected chi connectivity index (χ1v) is 5.80. The van der Waals surface area contributed by atoms with Crippen LogP contribution in [0.25, 0.3) is 0 Å². The van der Waals surface area contributed by atoms with Gasteiger partial charge in [0.15, 0.2) is 5.60 Å². The molecular formula is C11H20N2O2. The Labute approximate surface area is 90.2 Å². The zero-order valence-electron chi connectivity index (χ0n) is 9.20. The second kappa shape index (κ2) is 3.76. The van der Waals surface area contributed by atoms with Crippen LogP contribution >= 0.6 is 0 Å². The average Bonchev–Trinajstić information content (AvgIpc) is 2.84. The van der Waals surface area contributed by atoms with Crippen molar-refractivity contribution in [1.82, 2.24) is 5.32 Å². The van der Waals surface area contributed by atoms with Crippen LogP contribution in [0.3, 0.4) is 0 Å². The molecule has 86 valence electrons. The van der Waals surface area contributed by atoms with Crippen molar-refractivity contribution in [3.05, 3.63) is 0 Å². The second-order valence-electron chi connectivity index (χ2n) is 5.11. The van der Waals surface area contributed by atoms with Gasteiger partial charge in [-0.25, -0.2) is 0 Å². The minimum atomic E-state index is -1.41. The Balaban J connectivity index is 1.92. The quantitative estimate of drug-likeness (QED) is 0.620. The summed E-state index contributed by atoms with van der Waals surface area (Å²) in [7, 11) is 0. The average molecular weight is 212 g/mol. The number of carbonyl (C=O) groups excluding carboxylic acids is 1. The Morgan fingerprint density at radius 2 is 2.07 bits per heavy atom. The number of nitrogens with two attached hydrogens (primary N) is 1. The number of aliphatic hydroxyl groups is 1. The monoisotopic (exact) mass is 212 g/mol. The van der Waals surface area contributed by atoms with Gasteiger partial charge in [-0.3, -0.25) is 4.79 Å². The maximum Gasteiger partial charge on any atom is 0.253 e. The zero-order valence-corrected chi connectivity index (χ0v) is 9.20. The van der Waals surface area contributed by atoms with Gasteiger partial charge in [0.2, 0.25) is 0 Å². The van der Waals surface area contributed by atoms with Crippen LogP contribution in [-0.4, -0.2) is 28.7 Å². The number of nitrogens with one attached hydrogen (secondary N) is 1. The Morgan fingerprint density at radius 1 is 1.47 bits per heavy atom. The lowest BCUT2D eigenvalue weighted by molar-refractivity contribution is -0.142. The molecule has 2 aliphatic carbocycles. The summed E-state index contributed by atoms with van der Waals surface area (Å²) in [4.78, 5) is 11.8. The highest BCUT2D eigenvalue weighted by Gasteiger charge is 2.44. The van der Waals surface area contributed by atoms with Crippen LogP contribution in [0.2, 0.25) is 0 Å². The molecule has 0 radical (unpaired) electrons. The zero-order chi connectivity index (χ0) is 11.1. The number of amides is 1. The topological polar surface area (TPSA) is 75.3 Å². The maximum absolute atomic E-state index is 11.8. The van der Waals surface area contributed by atoms with E-state index in [0.717, 1.165) is 25.7 Å². The summed E-state index contributed by atoms with van der Waals surface area (Å²) in [6.45, 7) is 1.54. The van der Waals surface area contributed by atoms with Crippen LogP contribution < -0.4 is 11.1 Å². The maximum atomic E-state index is 11.8. The van der Waals surface area contributed by atoms with Crippen molar-refractivity contribution in [2.45, 2.75) is 56.7 Å². The van der Waals surface area contributed by atoms with E-state index in [2.05, 4.69) is 5.32 Å². The number of hydrogen-bond donors (Lipinski definition) is 3. The molecule has 2 atom stereocenters. The Morgan fingerprint density at radius 3 is 2.47 bits per heavy atom. The molecule has 0 aromatic heterocycles. The van der Waals surface area contributed by atoms with Crippen molar-refractivity contribution in [1.29, 1.82) is 0 Å². The van der Waals surface area contributed by atoms with Crippen molar-refractivity contribution in [3.8, 4) is 0 Å². The molecule has 0 aromatic carbocycles. The van der Waals surface area contributed by atoms with Gasteiger partial charge >= 0.3 is 0 Å². The molecule has 0 heterocycles. The van der Waals surface area contributed by atoms with Crippen molar-refractivity contribution in [2.75, 3.05) is 0 Å². The van der Waals surface area contributed by atoms with E-state index in [0.29, 0.717) is 5.92 Å². The van der Waals surface area contributed by atoms with Gasteiger partial charge in [0.25, 0.3) is 5.91 Å².